The topological polar surface area (TPSA) is 44.4 Å². The Morgan fingerprint density at radius 2 is 1.76 bits per heavy atom. The van der Waals surface area contributed by atoms with Crippen LogP contribution in [0, 0.1) is 11.8 Å². The average molecular weight is 372 g/mol. The van der Waals surface area contributed by atoms with Gasteiger partial charge in [0.2, 0.25) is 5.91 Å². The van der Waals surface area contributed by atoms with Gasteiger partial charge in [-0.3, -0.25) is 4.79 Å². The van der Waals surface area contributed by atoms with E-state index in [-0.39, 0.29) is 10.7 Å². The van der Waals surface area contributed by atoms with E-state index < -0.39 is 0 Å². The van der Waals surface area contributed by atoms with Crippen LogP contribution in [0.3, 0.4) is 0 Å². The van der Waals surface area contributed by atoms with Crippen molar-refractivity contribution in [1.29, 1.82) is 0 Å². The number of amides is 1. The molecule has 2 N–H and O–H groups in total. The molecular weight excluding hydrogens is 330 g/mol. The zero-order valence-electron chi connectivity index (χ0n) is 17.2. The number of piperidine rings is 1. The fourth-order valence-corrected chi connectivity index (χ4v) is 4.22. The Morgan fingerprint density at radius 3 is 2.40 bits per heavy atom. The van der Waals surface area contributed by atoms with Crippen LogP contribution >= 0.6 is 11.8 Å². The maximum absolute atomic E-state index is 12.0. The van der Waals surface area contributed by atoms with E-state index in [2.05, 4.69) is 50.2 Å². The molecule has 0 aromatic carbocycles. The summed E-state index contributed by atoms with van der Waals surface area (Å²) in [6, 6.07) is 0. The van der Waals surface area contributed by atoms with Crippen LogP contribution in [0.4, 0.5) is 0 Å². The molecular formula is C20H41N3OS. The van der Waals surface area contributed by atoms with Crippen LogP contribution in [0.25, 0.3) is 0 Å². The van der Waals surface area contributed by atoms with Gasteiger partial charge in [-0.1, -0.05) is 41.0 Å². The fourth-order valence-electron chi connectivity index (χ4n) is 3.22. The maximum atomic E-state index is 12.0. The third-order valence-electron chi connectivity index (χ3n) is 5.22. The van der Waals surface area contributed by atoms with Gasteiger partial charge in [0.1, 0.15) is 0 Å². The number of likely N-dealkylation sites (tertiary alicyclic amines) is 1. The van der Waals surface area contributed by atoms with Gasteiger partial charge in [-0.2, -0.15) is 0 Å². The van der Waals surface area contributed by atoms with Crippen molar-refractivity contribution in [3.63, 3.8) is 0 Å². The van der Waals surface area contributed by atoms with E-state index in [1.54, 1.807) is 11.8 Å². The Kier molecular flexibility index (Phi) is 11.1. The van der Waals surface area contributed by atoms with E-state index in [1.165, 1.54) is 32.4 Å². The highest BCUT2D eigenvalue weighted by molar-refractivity contribution is 8.01. The van der Waals surface area contributed by atoms with Crippen LogP contribution in [0.5, 0.6) is 0 Å². The summed E-state index contributed by atoms with van der Waals surface area (Å²) in [5.41, 5.74) is 0. The molecule has 1 atom stereocenters. The van der Waals surface area contributed by atoms with Crippen molar-refractivity contribution in [2.24, 2.45) is 11.8 Å². The number of nitrogens with zero attached hydrogens (tertiary/aromatic N) is 1. The van der Waals surface area contributed by atoms with Crippen LogP contribution in [0.2, 0.25) is 0 Å². The van der Waals surface area contributed by atoms with Gasteiger partial charge < -0.3 is 15.5 Å². The summed E-state index contributed by atoms with van der Waals surface area (Å²) < 4.78 is 0.160. The molecule has 0 radical (unpaired) electrons. The molecule has 1 aliphatic rings. The molecule has 0 bridgehead atoms. The highest BCUT2D eigenvalue weighted by Gasteiger charge is 2.24. The zero-order valence-corrected chi connectivity index (χ0v) is 18.0. The molecule has 1 unspecified atom stereocenters. The average Bonchev–Trinajstić information content (AvgIpc) is 2.56. The van der Waals surface area contributed by atoms with E-state index in [0.29, 0.717) is 17.6 Å². The molecule has 0 spiro atoms. The van der Waals surface area contributed by atoms with Gasteiger partial charge in [-0.25, -0.2) is 0 Å². The van der Waals surface area contributed by atoms with Gasteiger partial charge >= 0.3 is 0 Å². The lowest BCUT2D eigenvalue weighted by Gasteiger charge is -2.29. The van der Waals surface area contributed by atoms with Crippen LogP contribution < -0.4 is 10.6 Å². The highest BCUT2D eigenvalue weighted by Crippen LogP contribution is 2.33. The smallest absolute Gasteiger partial charge is 0.230 e. The number of thioether (sulfide) groups is 1. The molecule has 1 rings (SSSR count). The molecule has 0 aromatic rings. The molecule has 1 heterocycles. The van der Waals surface area contributed by atoms with Crippen LogP contribution in [-0.2, 0) is 4.79 Å². The maximum Gasteiger partial charge on any atom is 0.230 e. The minimum Gasteiger partial charge on any atom is -0.354 e. The number of hydrogen-bond donors (Lipinski definition) is 2. The summed E-state index contributed by atoms with van der Waals surface area (Å²) >= 11 is 1.78. The number of rotatable bonds is 12. The summed E-state index contributed by atoms with van der Waals surface area (Å²) in [6.07, 6.45) is 5.24. The van der Waals surface area contributed by atoms with Crippen molar-refractivity contribution in [1.82, 2.24) is 15.5 Å². The molecule has 5 heteroatoms. The highest BCUT2D eigenvalue weighted by atomic mass is 32.2. The molecule has 1 aliphatic heterocycles. The first-order chi connectivity index (χ1) is 11.8. The van der Waals surface area contributed by atoms with Crippen molar-refractivity contribution in [3.05, 3.63) is 0 Å². The van der Waals surface area contributed by atoms with Crippen molar-refractivity contribution < 1.29 is 4.79 Å². The van der Waals surface area contributed by atoms with E-state index in [9.17, 15) is 4.79 Å². The Morgan fingerprint density at radius 1 is 1.08 bits per heavy atom. The summed E-state index contributed by atoms with van der Waals surface area (Å²) in [5, 5.41) is 6.47. The molecule has 148 valence electrons. The number of nitrogens with one attached hydrogen (secondary N) is 2. The van der Waals surface area contributed by atoms with Crippen molar-refractivity contribution in [2.45, 2.75) is 65.0 Å². The van der Waals surface area contributed by atoms with Crippen molar-refractivity contribution in [2.75, 3.05) is 45.0 Å². The third-order valence-corrected chi connectivity index (χ3v) is 6.58. The van der Waals surface area contributed by atoms with E-state index in [4.69, 9.17) is 0 Å². The Hall–Kier alpha value is -0.260. The molecule has 1 amide bonds. The van der Waals surface area contributed by atoms with Gasteiger partial charge in [-0.05, 0) is 44.2 Å². The van der Waals surface area contributed by atoms with Crippen LogP contribution in [-0.4, -0.2) is 60.6 Å². The van der Waals surface area contributed by atoms with E-state index >= 15 is 0 Å². The minimum absolute atomic E-state index is 0.160. The SMILES string of the molecule is CC(C)C(C)CC(C)(C)SCC(=O)NCCNCCN1CCCCC1. The van der Waals surface area contributed by atoms with Gasteiger partial charge in [0.25, 0.3) is 0 Å². The normalized spacial score (nSPS) is 17.7. The molecule has 25 heavy (non-hydrogen) atoms. The lowest BCUT2D eigenvalue weighted by molar-refractivity contribution is -0.118. The predicted molar refractivity (Wildman–Crippen MR) is 111 cm³/mol. The molecule has 0 aliphatic carbocycles. The largest absolute Gasteiger partial charge is 0.354 e. The first-order valence-electron chi connectivity index (χ1n) is 10.1. The van der Waals surface area contributed by atoms with E-state index in [1.807, 2.05) is 0 Å². The quantitative estimate of drug-likeness (QED) is 0.516. The lowest BCUT2D eigenvalue weighted by Crippen LogP contribution is -2.38. The summed E-state index contributed by atoms with van der Waals surface area (Å²) in [5.74, 6) is 2.11. The standard InChI is InChI=1S/C20H41N3OS/c1-17(2)18(3)15-20(4,5)25-16-19(24)22-10-9-21-11-14-23-12-7-6-8-13-23/h17-18,21H,6-16H2,1-5H3,(H,22,24). The fraction of sp³-hybridized carbons (Fsp3) is 0.950. The van der Waals surface area contributed by atoms with Gasteiger partial charge in [0.05, 0.1) is 5.75 Å². The number of hydrogen-bond acceptors (Lipinski definition) is 4. The summed E-state index contributed by atoms with van der Waals surface area (Å²) in [4.78, 5) is 14.6. The second-order valence-corrected chi connectivity index (χ2v) is 10.2. The van der Waals surface area contributed by atoms with Crippen molar-refractivity contribution >= 4 is 17.7 Å². The zero-order chi connectivity index (χ0) is 18.7. The third kappa shape index (κ3) is 11.1. The molecule has 4 nitrogen and oxygen atoms in total. The molecule has 0 saturated carbocycles. The van der Waals surface area contributed by atoms with Gasteiger partial charge in [0, 0.05) is 30.9 Å². The lowest BCUT2D eigenvalue weighted by atomic mass is 9.89. The summed E-state index contributed by atoms with van der Waals surface area (Å²) in [7, 11) is 0. The van der Waals surface area contributed by atoms with Gasteiger partial charge in [0.15, 0.2) is 0 Å². The van der Waals surface area contributed by atoms with Gasteiger partial charge in [-0.15, -0.1) is 11.8 Å². The van der Waals surface area contributed by atoms with Crippen LogP contribution in [0.15, 0.2) is 0 Å². The first kappa shape index (κ1) is 22.8. The monoisotopic (exact) mass is 371 g/mol. The second kappa shape index (κ2) is 12.2. The minimum atomic E-state index is 0.160. The second-order valence-electron chi connectivity index (χ2n) is 8.48. The Bertz CT molecular complexity index is 368. The number of carbonyl (C=O) groups excluding carboxylic acids is 1. The Balaban J connectivity index is 2.02. The summed E-state index contributed by atoms with van der Waals surface area (Å²) in [6.45, 7) is 17.6. The van der Waals surface area contributed by atoms with Crippen LogP contribution in [0.1, 0.15) is 60.3 Å². The molecule has 1 fully saturated rings. The van der Waals surface area contributed by atoms with E-state index in [0.717, 1.165) is 32.6 Å². The Labute approximate surface area is 160 Å². The number of carbonyl (C=O) groups is 1. The van der Waals surface area contributed by atoms with Crippen molar-refractivity contribution in [3.8, 4) is 0 Å². The predicted octanol–water partition coefficient (Wildman–Crippen LogP) is 3.37. The molecule has 0 aromatic heterocycles. The first-order valence-corrected chi connectivity index (χ1v) is 11.1. The molecule has 1 saturated heterocycles.